The van der Waals surface area contributed by atoms with E-state index in [1.165, 1.54) is 25.7 Å². The molecule has 0 aromatic heterocycles. The Bertz CT molecular complexity index is 431. The predicted molar refractivity (Wildman–Crippen MR) is 72.1 cm³/mol. The number of hydrogen-bond donors (Lipinski definition) is 2. The average molecular weight is 271 g/mol. The molecule has 3 N–H and O–H groups in total. The van der Waals surface area contributed by atoms with E-state index in [0.717, 1.165) is 4.90 Å². The van der Waals surface area contributed by atoms with Gasteiger partial charge >= 0.3 is 0 Å². The third kappa shape index (κ3) is 2.87. The van der Waals surface area contributed by atoms with Crippen LogP contribution in [0.4, 0.5) is 0 Å². The van der Waals surface area contributed by atoms with E-state index in [2.05, 4.69) is 5.16 Å². The second kappa shape index (κ2) is 5.65. The fourth-order valence-corrected chi connectivity index (χ4v) is 3.83. The van der Waals surface area contributed by atoms with E-state index >= 15 is 0 Å². The summed E-state index contributed by atoms with van der Waals surface area (Å²) in [6.45, 7) is 0. The van der Waals surface area contributed by atoms with Gasteiger partial charge in [-0.25, -0.2) is 0 Å². The molecule has 0 spiro atoms. The summed E-state index contributed by atoms with van der Waals surface area (Å²) < 4.78 is 0. The number of halogens is 1. The van der Waals surface area contributed by atoms with Crippen LogP contribution in [-0.4, -0.2) is 16.3 Å². The maximum Gasteiger partial charge on any atom is 0.172 e. The highest BCUT2D eigenvalue weighted by atomic mass is 35.5. The van der Waals surface area contributed by atoms with Crippen molar-refractivity contribution < 1.29 is 5.21 Å². The topological polar surface area (TPSA) is 58.6 Å². The highest BCUT2D eigenvalue weighted by molar-refractivity contribution is 8.00. The Morgan fingerprint density at radius 2 is 2.12 bits per heavy atom. The Hall–Kier alpha value is -0.870. The van der Waals surface area contributed by atoms with Gasteiger partial charge in [0.25, 0.3) is 0 Å². The van der Waals surface area contributed by atoms with Gasteiger partial charge in [-0.1, -0.05) is 35.7 Å². The zero-order valence-corrected chi connectivity index (χ0v) is 11.0. The predicted octanol–water partition coefficient (Wildman–Crippen LogP) is 3.47. The van der Waals surface area contributed by atoms with E-state index in [-0.39, 0.29) is 5.84 Å². The molecule has 0 atom stereocenters. The lowest BCUT2D eigenvalue weighted by atomic mass is 10.2. The van der Waals surface area contributed by atoms with Gasteiger partial charge < -0.3 is 10.9 Å². The second-order valence-electron chi connectivity index (χ2n) is 4.12. The Labute approximate surface area is 110 Å². The van der Waals surface area contributed by atoms with E-state index in [9.17, 15) is 0 Å². The normalized spacial score (nSPS) is 17.6. The Morgan fingerprint density at radius 3 is 2.76 bits per heavy atom. The van der Waals surface area contributed by atoms with Crippen LogP contribution in [0.2, 0.25) is 5.02 Å². The number of thioether (sulfide) groups is 1. The molecule has 0 unspecified atom stereocenters. The lowest BCUT2D eigenvalue weighted by Gasteiger charge is -2.13. The van der Waals surface area contributed by atoms with Gasteiger partial charge in [-0.15, -0.1) is 11.8 Å². The van der Waals surface area contributed by atoms with Gasteiger partial charge in [0.2, 0.25) is 0 Å². The highest BCUT2D eigenvalue weighted by Crippen LogP contribution is 2.37. The van der Waals surface area contributed by atoms with Gasteiger partial charge in [0, 0.05) is 10.1 Å². The van der Waals surface area contributed by atoms with Crippen molar-refractivity contribution in [3.63, 3.8) is 0 Å². The molecule has 0 aliphatic heterocycles. The molecule has 17 heavy (non-hydrogen) atoms. The SMILES string of the molecule is NC(=NO)c1c(Cl)cccc1SC1CCCC1. The lowest BCUT2D eigenvalue weighted by Crippen LogP contribution is -2.15. The average Bonchev–Trinajstić information content (AvgIpc) is 2.81. The minimum atomic E-state index is 0.0797. The van der Waals surface area contributed by atoms with E-state index in [0.29, 0.717) is 15.8 Å². The Balaban J connectivity index is 2.29. The van der Waals surface area contributed by atoms with E-state index < -0.39 is 0 Å². The van der Waals surface area contributed by atoms with Crippen LogP contribution in [0.1, 0.15) is 31.2 Å². The lowest BCUT2D eigenvalue weighted by molar-refractivity contribution is 0.318. The molecule has 1 aliphatic rings. The minimum Gasteiger partial charge on any atom is -0.409 e. The highest BCUT2D eigenvalue weighted by Gasteiger charge is 2.19. The Kier molecular flexibility index (Phi) is 4.18. The van der Waals surface area contributed by atoms with Crippen molar-refractivity contribution in [1.82, 2.24) is 0 Å². The van der Waals surface area contributed by atoms with E-state index in [4.69, 9.17) is 22.5 Å². The molecule has 1 saturated carbocycles. The summed E-state index contributed by atoms with van der Waals surface area (Å²) in [7, 11) is 0. The fourth-order valence-electron chi connectivity index (χ4n) is 2.09. The first-order valence-electron chi connectivity index (χ1n) is 5.65. The number of nitrogens with two attached hydrogens (primary N) is 1. The molecule has 0 bridgehead atoms. The summed E-state index contributed by atoms with van der Waals surface area (Å²) >= 11 is 7.88. The first-order valence-corrected chi connectivity index (χ1v) is 6.91. The number of rotatable bonds is 3. The molecule has 0 amide bonds. The minimum absolute atomic E-state index is 0.0797. The summed E-state index contributed by atoms with van der Waals surface area (Å²) in [5.74, 6) is 0.0797. The van der Waals surface area contributed by atoms with Crippen molar-refractivity contribution in [2.75, 3.05) is 0 Å². The van der Waals surface area contributed by atoms with Gasteiger partial charge in [-0.05, 0) is 25.0 Å². The smallest absolute Gasteiger partial charge is 0.172 e. The fraction of sp³-hybridized carbons (Fsp3) is 0.417. The summed E-state index contributed by atoms with van der Waals surface area (Å²) in [5.41, 5.74) is 6.32. The molecule has 0 saturated heterocycles. The molecular weight excluding hydrogens is 256 g/mol. The first kappa shape index (κ1) is 12.6. The summed E-state index contributed by atoms with van der Waals surface area (Å²) in [4.78, 5) is 1.000. The van der Waals surface area contributed by atoms with Gasteiger partial charge in [0.15, 0.2) is 5.84 Å². The van der Waals surface area contributed by atoms with Crippen molar-refractivity contribution in [2.45, 2.75) is 35.8 Å². The molecule has 92 valence electrons. The van der Waals surface area contributed by atoms with Crippen LogP contribution in [-0.2, 0) is 0 Å². The third-order valence-corrected chi connectivity index (χ3v) is 4.65. The van der Waals surface area contributed by atoms with Crippen LogP contribution in [0.25, 0.3) is 0 Å². The van der Waals surface area contributed by atoms with Crippen molar-refractivity contribution in [3.8, 4) is 0 Å². The maximum absolute atomic E-state index is 8.79. The summed E-state index contributed by atoms with van der Waals surface area (Å²) in [6.07, 6.45) is 5.04. The molecule has 1 fully saturated rings. The molecule has 5 heteroatoms. The first-order chi connectivity index (χ1) is 8.22. The van der Waals surface area contributed by atoms with Crippen molar-refractivity contribution >= 4 is 29.2 Å². The summed E-state index contributed by atoms with van der Waals surface area (Å²) in [6, 6.07) is 5.63. The van der Waals surface area contributed by atoms with Crippen molar-refractivity contribution in [1.29, 1.82) is 0 Å². The number of hydrogen-bond acceptors (Lipinski definition) is 3. The third-order valence-electron chi connectivity index (χ3n) is 2.94. The van der Waals surface area contributed by atoms with Gasteiger partial charge in [-0.3, -0.25) is 0 Å². The van der Waals surface area contributed by atoms with Crippen LogP contribution in [0.5, 0.6) is 0 Å². The van der Waals surface area contributed by atoms with Crippen LogP contribution in [0, 0.1) is 0 Å². The van der Waals surface area contributed by atoms with Crippen LogP contribution >= 0.6 is 23.4 Å². The van der Waals surface area contributed by atoms with Crippen LogP contribution in [0.15, 0.2) is 28.3 Å². The molecule has 3 nitrogen and oxygen atoms in total. The maximum atomic E-state index is 8.79. The second-order valence-corrected chi connectivity index (χ2v) is 5.87. The molecule has 0 heterocycles. The van der Waals surface area contributed by atoms with Crippen molar-refractivity contribution in [3.05, 3.63) is 28.8 Å². The Morgan fingerprint density at radius 1 is 1.41 bits per heavy atom. The van der Waals surface area contributed by atoms with E-state index in [1.54, 1.807) is 17.8 Å². The standard InChI is InChI=1S/C12H15ClN2OS/c13-9-6-3-7-10(11(9)12(14)15-16)17-8-4-1-2-5-8/h3,6-8,16H,1-2,4-5H2,(H2,14,15). The quantitative estimate of drug-likeness (QED) is 0.383. The molecular formula is C12H15ClN2OS. The zero-order chi connectivity index (χ0) is 12.3. The number of benzene rings is 1. The van der Waals surface area contributed by atoms with Crippen LogP contribution < -0.4 is 5.73 Å². The van der Waals surface area contributed by atoms with Gasteiger partial charge in [-0.2, -0.15) is 0 Å². The molecule has 2 rings (SSSR count). The van der Waals surface area contributed by atoms with Gasteiger partial charge in [0.1, 0.15) is 0 Å². The summed E-state index contributed by atoms with van der Waals surface area (Å²) in [5, 5.41) is 13.0. The number of nitrogens with zero attached hydrogens (tertiary/aromatic N) is 1. The van der Waals surface area contributed by atoms with Crippen molar-refractivity contribution in [2.24, 2.45) is 10.9 Å². The monoisotopic (exact) mass is 270 g/mol. The molecule has 1 aromatic rings. The largest absolute Gasteiger partial charge is 0.409 e. The zero-order valence-electron chi connectivity index (χ0n) is 9.40. The molecule has 0 radical (unpaired) electrons. The molecule has 1 aromatic carbocycles. The molecule has 1 aliphatic carbocycles. The van der Waals surface area contributed by atoms with Crippen LogP contribution in [0.3, 0.4) is 0 Å². The number of oxime groups is 1. The number of amidine groups is 1. The van der Waals surface area contributed by atoms with Gasteiger partial charge in [0.05, 0.1) is 10.6 Å². The van der Waals surface area contributed by atoms with E-state index in [1.807, 2.05) is 12.1 Å².